The van der Waals surface area contributed by atoms with E-state index in [1.165, 1.54) is 19.3 Å². The normalized spacial score (nSPS) is 20.9. The maximum absolute atomic E-state index is 11.9. The quantitative estimate of drug-likeness (QED) is 0.740. The van der Waals surface area contributed by atoms with Crippen LogP contribution in [0.1, 0.15) is 45.4 Å². The standard InChI is InChI=1S/C13H26N2O2/c1-11(9-17-2)8-12(16)15-13(10-14)6-4-3-5-7-13/h11H,3-10,14H2,1-2H3,(H,15,16). The van der Waals surface area contributed by atoms with Gasteiger partial charge in [0.1, 0.15) is 0 Å². The van der Waals surface area contributed by atoms with Crippen LogP contribution in [0, 0.1) is 5.92 Å². The molecule has 0 heterocycles. The van der Waals surface area contributed by atoms with Crippen LogP contribution in [-0.2, 0) is 9.53 Å². The van der Waals surface area contributed by atoms with E-state index in [-0.39, 0.29) is 17.4 Å². The zero-order chi connectivity index (χ0) is 12.7. The molecule has 1 unspecified atom stereocenters. The van der Waals surface area contributed by atoms with Gasteiger partial charge in [-0.3, -0.25) is 4.79 Å². The van der Waals surface area contributed by atoms with Gasteiger partial charge in [0.05, 0.1) is 5.54 Å². The van der Waals surface area contributed by atoms with Gasteiger partial charge in [0.15, 0.2) is 0 Å². The monoisotopic (exact) mass is 242 g/mol. The summed E-state index contributed by atoms with van der Waals surface area (Å²) in [5, 5.41) is 3.15. The Hall–Kier alpha value is -0.610. The number of amides is 1. The van der Waals surface area contributed by atoms with Gasteiger partial charge in [-0.25, -0.2) is 0 Å². The highest BCUT2D eigenvalue weighted by atomic mass is 16.5. The van der Waals surface area contributed by atoms with Crippen molar-refractivity contribution in [3.63, 3.8) is 0 Å². The number of carbonyl (C=O) groups is 1. The lowest BCUT2D eigenvalue weighted by molar-refractivity contribution is -0.124. The molecule has 0 saturated heterocycles. The third-order valence-corrected chi connectivity index (χ3v) is 3.59. The highest BCUT2D eigenvalue weighted by Crippen LogP contribution is 2.27. The van der Waals surface area contributed by atoms with Gasteiger partial charge in [0.25, 0.3) is 0 Å². The number of rotatable bonds is 6. The van der Waals surface area contributed by atoms with Crippen LogP contribution in [0.25, 0.3) is 0 Å². The predicted molar refractivity (Wildman–Crippen MR) is 68.7 cm³/mol. The Kier molecular flexibility index (Phi) is 5.92. The predicted octanol–water partition coefficient (Wildman–Crippen LogP) is 1.44. The van der Waals surface area contributed by atoms with Crippen molar-refractivity contribution in [3.05, 3.63) is 0 Å². The molecule has 0 radical (unpaired) electrons. The summed E-state index contributed by atoms with van der Waals surface area (Å²) in [6, 6.07) is 0. The second-order valence-corrected chi connectivity index (χ2v) is 5.36. The van der Waals surface area contributed by atoms with Crippen molar-refractivity contribution in [2.75, 3.05) is 20.3 Å². The van der Waals surface area contributed by atoms with Crippen LogP contribution in [0.4, 0.5) is 0 Å². The van der Waals surface area contributed by atoms with Gasteiger partial charge in [-0.05, 0) is 18.8 Å². The summed E-state index contributed by atoms with van der Waals surface area (Å²) < 4.78 is 5.04. The van der Waals surface area contributed by atoms with Crippen LogP contribution in [-0.4, -0.2) is 31.7 Å². The summed E-state index contributed by atoms with van der Waals surface area (Å²) in [4.78, 5) is 11.9. The molecule has 1 aliphatic carbocycles. The number of hydrogen-bond donors (Lipinski definition) is 2. The van der Waals surface area contributed by atoms with Gasteiger partial charge in [-0.1, -0.05) is 26.2 Å². The van der Waals surface area contributed by atoms with E-state index in [1.807, 2.05) is 6.92 Å². The lowest BCUT2D eigenvalue weighted by Gasteiger charge is -2.37. The molecule has 100 valence electrons. The molecule has 0 aromatic carbocycles. The molecule has 4 heteroatoms. The molecule has 1 saturated carbocycles. The molecule has 17 heavy (non-hydrogen) atoms. The number of hydrogen-bond acceptors (Lipinski definition) is 3. The lowest BCUT2D eigenvalue weighted by atomic mass is 9.81. The summed E-state index contributed by atoms with van der Waals surface area (Å²) in [5.41, 5.74) is 5.70. The summed E-state index contributed by atoms with van der Waals surface area (Å²) in [7, 11) is 1.66. The van der Waals surface area contributed by atoms with Gasteiger partial charge in [0, 0.05) is 26.7 Å². The minimum absolute atomic E-state index is 0.113. The molecular formula is C13H26N2O2. The maximum Gasteiger partial charge on any atom is 0.220 e. The third-order valence-electron chi connectivity index (χ3n) is 3.59. The highest BCUT2D eigenvalue weighted by Gasteiger charge is 2.32. The zero-order valence-corrected chi connectivity index (χ0v) is 11.1. The van der Waals surface area contributed by atoms with Crippen LogP contribution in [0.3, 0.4) is 0 Å². The Labute approximate surface area is 104 Å². The summed E-state index contributed by atoms with van der Waals surface area (Å²) >= 11 is 0. The van der Waals surface area contributed by atoms with Crippen LogP contribution < -0.4 is 11.1 Å². The molecule has 0 aromatic rings. The van der Waals surface area contributed by atoms with Crippen molar-refractivity contribution in [2.45, 2.75) is 51.0 Å². The van der Waals surface area contributed by atoms with Crippen LogP contribution in [0.2, 0.25) is 0 Å². The Morgan fingerprint density at radius 1 is 1.41 bits per heavy atom. The zero-order valence-electron chi connectivity index (χ0n) is 11.1. The fourth-order valence-electron chi connectivity index (χ4n) is 2.62. The Morgan fingerprint density at radius 2 is 2.06 bits per heavy atom. The van der Waals surface area contributed by atoms with E-state index >= 15 is 0 Å². The number of carbonyl (C=O) groups excluding carboxylic acids is 1. The fourth-order valence-corrected chi connectivity index (χ4v) is 2.62. The van der Waals surface area contributed by atoms with Gasteiger partial charge in [-0.15, -0.1) is 0 Å². The summed E-state index contributed by atoms with van der Waals surface area (Å²) in [6.07, 6.45) is 6.17. The molecule has 1 fully saturated rings. The molecule has 0 aromatic heterocycles. The lowest BCUT2D eigenvalue weighted by Crippen LogP contribution is -2.55. The van der Waals surface area contributed by atoms with Crippen LogP contribution in [0.5, 0.6) is 0 Å². The number of nitrogens with two attached hydrogens (primary N) is 1. The second kappa shape index (κ2) is 6.97. The van der Waals surface area contributed by atoms with Gasteiger partial charge < -0.3 is 15.8 Å². The van der Waals surface area contributed by atoms with E-state index in [9.17, 15) is 4.79 Å². The van der Waals surface area contributed by atoms with Crippen LogP contribution in [0.15, 0.2) is 0 Å². The second-order valence-electron chi connectivity index (χ2n) is 5.36. The first-order chi connectivity index (χ1) is 8.12. The molecule has 1 rings (SSSR count). The Bertz CT molecular complexity index is 238. The molecule has 4 nitrogen and oxygen atoms in total. The average molecular weight is 242 g/mol. The van der Waals surface area contributed by atoms with Crippen molar-refractivity contribution < 1.29 is 9.53 Å². The average Bonchev–Trinajstić information content (AvgIpc) is 2.30. The number of nitrogens with one attached hydrogen (secondary N) is 1. The molecule has 1 amide bonds. The van der Waals surface area contributed by atoms with E-state index in [4.69, 9.17) is 10.5 Å². The smallest absolute Gasteiger partial charge is 0.220 e. The SMILES string of the molecule is COCC(C)CC(=O)NC1(CN)CCCCC1. The first kappa shape index (κ1) is 14.5. The van der Waals surface area contributed by atoms with E-state index in [0.29, 0.717) is 19.6 Å². The van der Waals surface area contributed by atoms with Gasteiger partial charge in [0.2, 0.25) is 5.91 Å². The van der Waals surface area contributed by atoms with Crippen molar-refractivity contribution in [3.8, 4) is 0 Å². The Balaban J connectivity index is 2.41. The minimum atomic E-state index is -0.137. The topological polar surface area (TPSA) is 64.3 Å². The number of methoxy groups -OCH3 is 1. The van der Waals surface area contributed by atoms with E-state index in [0.717, 1.165) is 12.8 Å². The first-order valence-corrected chi connectivity index (χ1v) is 6.62. The summed E-state index contributed by atoms with van der Waals surface area (Å²) in [5.74, 6) is 0.375. The molecule has 0 bridgehead atoms. The molecule has 1 atom stereocenters. The van der Waals surface area contributed by atoms with Gasteiger partial charge >= 0.3 is 0 Å². The molecule has 0 aliphatic heterocycles. The summed E-state index contributed by atoms with van der Waals surface area (Å²) in [6.45, 7) is 3.21. The molecule has 0 spiro atoms. The third kappa shape index (κ3) is 4.64. The van der Waals surface area contributed by atoms with E-state index in [2.05, 4.69) is 5.32 Å². The van der Waals surface area contributed by atoms with Crippen molar-refractivity contribution in [1.29, 1.82) is 0 Å². The molecular weight excluding hydrogens is 216 g/mol. The largest absolute Gasteiger partial charge is 0.384 e. The van der Waals surface area contributed by atoms with Crippen molar-refractivity contribution in [2.24, 2.45) is 11.7 Å². The first-order valence-electron chi connectivity index (χ1n) is 6.62. The Morgan fingerprint density at radius 3 is 2.59 bits per heavy atom. The van der Waals surface area contributed by atoms with Gasteiger partial charge in [-0.2, -0.15) is 0 Å². The molecule has 3 N–H and O–H groups in total. The molecule has 1 aliphatic rings. The van der Waals surface area contributed by atoms with Crippen molar-refractivity contribution >= 4 is 5.91 Å². The van der Waals surface area contributed by atoms with Crippen LogP contribution >= 0.6 is 0 Å². The van der Waals surface area contributed by atoms with E-state index < -0.39 is 0 Å². The highest BCUT2D eigenvalue weighted by molar-refractivity contribution is 5.77. The van der Waals surface area contributed by atoms with E-state index in [1.54, 1.807) is 7.11 Å². The fraction of sp³-hybridized carbons (Fsp3) is 0.923. The minimum Gasteiger partial charge on any atom is -0.384 e. The van der Waals surface area contributed by atoms with Crippen molar-refractivity contribution in [1.82, 2.24) is 5.32 Å². The number of ether oxygens (including phenoxy) is 1. The maximum atomic E-state index is 11.9.